The van der Waals surface area contributed by atoms with E-state index in [2.05, 4.69) is 55.4 Å². The van der Waals surface area contributed by atoms with Gasteiger partial charge in [0.1, 0.15) is 0 Å². The maximum atomic E-state index is 3.70. The summed E-state index contributed by atoms with van der Waals surface area (Å²) in [7, 11) is 0. The largest absolute Gasteiger partial charge is 0.314 e. The molecule has 1 N–H and O–H groups in total. The van der Waals surface area contributed by atoms with Crippen LogP contribution in [0.3, 0.4) is 0 Å². The molecule has 2 nitrogen and oxygen atoms in total. The Morgan fingerprint density at radius 1 is 1.45 bits per heavy atom. The second-order valence-electron chi connectivity index (χ2n) is 6.47. The minimum Gasteiger partial charge on any atom is -0.314 e. The Morgan fingerprint density at radius 2 is 2.25 bits per heavy atom. The fourth-order valence-corrected chi connectivity index (χ4v) is 4.49. The molecular formula is C17H30N2S. The van der Waals surface area contributed by atoms with Crippen molar-refractivity contribution in [2.45, 2.75) is 65.1 Å². The van der Waals surface area contributed by atoms with Crippen LogP contribution >= 0.6 is 11.3 Å². The van der Waals surface area contributed by atoms with Gasteiger partial charge in [-0.25, -0.2) is 0 Å². The van der Waals surface area contributed by atoms with E-state index in [0.717, 1.165) is 12.6 Å². The third-order valence-electron chi connectivity index (χ3n) is 4.43. The molecule has 20 heavy (non-hydrogen) atoms. The zero-order valence-electron chi connectivity index (χ0n) is 13.4. The molecule has 1 aliphatic rings. The van der Waals surface area contributed by atoms with Gasteiger partial charge >= 0.3 is 0 Å². The van der Waals surface area contributed by atoms with E-state index in [-0.39, 0.29) is 0 Å². The summed E-state index contributed by atoms with van der Waals surface area (Å²) in [6.07, 6.45) is 3.81. The highest BCUT2D eigenvalue weighted by Crippen LogP contribution is 2.36. The van der Waals surface area contributed by atoms with Crippen molar-refractivity contribution in [2.75, 3.05) is 13.1 Å². The maximum Gasteiger partial charge on any atom is 0.0467 e. The van der Waals surface area contributed by atoms with Crippen molar-refractivity contribution in [3.8, 4) is 0 Å². The highest BCUT2D eigenvalue weighted by Gasteiger charge is 2.32. The maximum absolute atomic E-state index is 3.70. The van der Waals surface area contributed by atoms with Gasteiger partial charge in [0.15, 0.2) is 0 Å². The Hall–Kier alpha value is -0.380. The van der Waals surface area contributed by atoms with E-state index in [9.17, 15) is 0 Å². The molecule has 0 radical (unpaired) electrons. The van der Waals surface area contributed by atoms with Crippen molar-refractivity contribution < 1.29 is 0 Å². The predicted molar refractivity (Wildman–Crippen MR) is 89.4 cm³/mol. The zero-order chi connectivity index (χ0) is 14.5. The fourth-order valence-electron chi connectivity index (χ4n) is 3.47. The number of nitrogens with zero attached hydrogens (tertiary/aromatic N) is 1. The average Bonchev–Trinajstić information content (AvgIpc) is 2.92. The van der Waals surface area contributed by atoms with Gasteiger partial charge in [-0.2, -0.15) is 0 Å². The van der Waals surface area contributed by atoms with Crippen LogP contribution in [0.1, 0.15) is 57.9 Å². The molecule has 3 unspecified atom stereocenters. The summed E-state index contributed by atoms with van der Waals surface area (Å²) in [5, 5.41) is 5.91. The summed E-state index contributed by atoms with van der Waals surface area (Å²) in [4.78, 5) is 4.27. The average molecular weight is 295 g/mol. The van der Waals surface area contributed by atoms with E-state index >= 15 is 0 Å². The summed E-state index contributed by atoms with van der Waals surface area (Å²) in [6.45, 7) is 11.8. The Bertz CT molecular complexity index is 374. The lowest BCUT2D eigenvalue weighted by molar-refractivity contribution is 0.0656. The number of hydrogen-bond acceptors (Lipinski definition) is 3. The number of hydrogen-bond donors (Lipinski definition) is 1. The van der Waals surface area contributed by atoms with Crippen molar-refractivity contribution in [2.24, 2.45) is 5.92 Å². The molecule has 1 aliphatic heterocycles. The van der Waals surface area contributed by atoms with E-state index in [0.29, 0.717) is 18.0 Å². The molecule has 0 bridgehead atoms. The van der Waals surface area contributed by atoms with Gasteiger partial charge in [0, 0.05) is 29.5 Å². The lowest BCUT2D eigenvalue weighted by Crippen LogP contribution is -2.49. The zero-order valence-corrected chi connectivity index (χ0v) is 14.2. The number of thiophene rings is 1. The Kier molecular flexibility index (Phi) is 6.06. The van der Waals surface area contributed by atoms with Crippen molar-refractivity contribution >= 4 is 11.3 Å². The fraction of sp³-hybridized carbons (Fsp3) is 0.765. The van der Waals surface area contributed by atoms with Crippen LogP contribution in [-0.2, 0) is 0 Å². The summed E-state index contributed by atoms with van der Waals surface area (Å²) < 4.78 is 0. The van der Waals surface area contributed by atoms with Gasteiger partial charge < -0.3 is 5.32 Å². The van der Waals surface area contributed by atoms with Crippen LogP contribution in [0, 0.1) is 5.92 Å². The third kappa shape index (κ3) is 3.84. The molecule has 2 heterocycles. The topological polar surface area (TPSA) is 15.3 Å². The summed E-state index contributed by atoms with van der Waals surface area (Å²) in [5.41, 5.74) is 0. The molecule has 0 saturated carbocycles. The van der Waals surface area contributed by atoms with Gasteiger partial charge in [-0.05, 0) is 50.1 Å². The molecule has 0 amide bonds. The van der Waals surface area contributed by atoms with Gasteiger partial charge in [-0.3, -0.25) is 4.90 Å². The van der Waals surface area contributed by atoms with Crippen LogP contribution < -0.4 is 5.32 Å². The highest BCUT2D eigenvalue weighted by atomic mass is 32.1. The molecule has 0 spiro atoms. The van der Waals surface area contributed by atoms with E-state index in [1.54, 1.807) is 0 Å². The Morgan fingerprint density at radius 3 is 2.80 bits per heavy atom. The number of piperidine rings is 1. The number of nitrogens with one attached hydrogen (secondary N) is 1. The minimum atomic E-state index is 0.595. The molecule has 2 rings (SSSR count). The van der Waals surface area contributed by atoms with E-state index in [4.69, 9.17) is 0 Å². The predicted octanol–water partition coefficient (Wildman–Crippen LogP) is 4.30. The molecule has 1 aromatic heterocycles. The summed E-state index contributed by atoms with van der Waals surface area (Å²) in [5.74, 6) is 0.677. The lowest BCUT2D eigenvalue weighted by atomic mass is 9.92. The van der Waals surface area contributed by atoms with Crippen LogP contribution in [-0.4, -0.2) is 30.1 Å². The van der Waals surface area contributed by atoms with E-state index in [1.807, 2.05) is 11.3 Å². The molecule has 0 aliphatic carbocycles. The third-order valence-corrected chi connectivity index (χ3v) is 5.38. The number of rotatable bonds is 6. The Balaban J connectivity index is 2.01. The molecule has 114 valence electrons. The molecule has 3 heteroatoms. The van der Waals surface area contributed by atoms with Crippen molar-refractivity contribution in [3.63, 3.8) is 0 Å². The minimum absolute atomic E-state index is 0.595. The van der Waals surface area contributed by atoms with Gasteiger partial charge in [0.05, 0.1) is 0 Å². The summed E-state index contributed by atoms with van der Waals surface area (Å²) in [6, 6.07) is 6.49. The van der Waals surface area contributed by atoms with Crippen molar-refractivity contribution in [1.29, 1.82) is 0 Å². The van der Waals surface area contributed by atoms with Crippen LogP contribution in [0.2, 0.25) is 0 Å². The molecule has 1 saturated heterocycles. The number of likely N-dealkylation sites (tertiary alicyclic amines) is 1. The molecule has 1 aromatic rings. The quantitative estimate of drug-likeness (QED) is 0.841. The Labute approximate surface area is 128 Å². The second-order valence-corrected chi connectivity index (χ2v) is 7.45. The van der Waals surface area contributed by atoms with Crippen LogP contribution in [0.5, 0.6) is 0 Å². The molecule has 3 atom stereocenters. The normalized spacial score (nSPS) is 26.1. The van der Waals surface area contributed by atoms with Crippen LogP contribution in [0.4, 0.5) is 0 Å². The monoisotopic (exact) mass is 294 g/mol. The molecule has 1 fully saturated rings. The van der Waals surface area contributed by atoms with Crippen LogP contribution in [0.25, 0.3) is 0 Å². The van der Waals surface area contributed by atoms with Gasteiger partial charge in [-0.15, -0.1) is 11.3 Å². The van der Waals surface area contributed by atoms with Gasteiger partial charge in [0.25, 0.3) is 0 Å². The first-order valence-electron chi connectivity index (χ1n) is 8.16. The SMILES string of the molecule is CCCNC1CCN(C(c2cccs2)C(C)C)C(C)C1. The van der Waals surface area contributed by atoms with Crippen molar-refractivity contribution in [1.82, 2.24) is 10.2 Å². The van der Waals surface area contributed by atoms with E-state index in [1.165, 1.54) is 30.7 Å². The standard InChI is InChI=1S/C17H30N2S/c1-5-9-18-15-8-10-19(14(4)12-15)17(13(2)3)16-7-6-11-20-16/h6-7,11,13-15,17-18H,5,8-10,12H2,1-4H3. The smallest absolute Gasteiger partial charge is 0.0467 e. The molecule has 0 aromatic carbocycles. The highest BCUT2D eigenvalue weighted by molar-refractivity contribution is 7.10. The van der Waals surface area contributed by atoms with Gasteiger partial charge in [-0.1, -0.05) is 26.8 Å². The lowest BCUT2D eigenvalue weighted by Gasteiger charge is -2.44. The second kappa shape index (κ2) is 7.58. The van der Waals surface area contributed by atoms with Gasteiger partial charge in [0.2, 0.25) is 0 Å². The van der Waals surface area contributed by atoms with Crippen molar-refractivity contribution in [3.05, 3.63) is 22.4 Å². The van der Waals surface area contributed by atoms with Crippen LogP contribution in [0.15, 0.2) is 17.5 Å². The first-order valence-corrected chi connectivity index (χ1v) is 9.04. The first-order chi connectivity index (χ1) is 9.63. The first kappa shape index (κ1) is 16.0. The summed E-state index contributed by atoms with van der Waals surface area (Å²) >= 11 is 1.91. The van der Waals surface area contributed by atoms with E-state index < -0.39 is 0 Å². The molecular weight excluding hydrogens is 264 g/mol.